The van der Waals surface area contributed by atoms with Crippen LogP contribution in [0.25, 0.3) is 0 Å². The van der Waals surface area contributed by atoms with Crippen LogP contribution in [-0.4, -0.2) is 9.97 Å². The second-order valence-corrected chi connectivity index (χ2v) is 4.45. The molecule has 0 unspecified atom stereocenters. The molecule has 0 saturated heterocycles. The average Bonchev–Trinajstić information content (AvgIpc) is 2.25. The molecule has 88 valence electrons. The van der Waals surface area contributed by atoms with Gasteiger partial charge < -0.3 is 5.32 Å². The highest BCUT2D eigenvalue weighted by molar-refractivity contribution is 6.32. The normalized spacial score (nSPS) is 10.4. The number of nitrogens with one attached hydrogen (secondary N) is 1. The number of aromatic nitrogens is 2. The summed E-state index contributed by atoms with van der Waals surface area (Å²) in [6, 6.07) is 7.97. The van der Waals surface area contributed by atoms with E-state index < -0.39 is 0 Å². The zero-order valence-electron chi connectivity index (χ0n) is 9.46. The SMILES string of the molecule is Cc1cccc(Nc2nc(Cl)nc(Cl)c2C)c1. The van der Waals surface area contributed by atoms with Gasteiger partial charge in [-0.05, 0) is 43.1 Å². The maximum atomic E-state index is 5.94. The van der Waals surface area contributed by atoms with Gasteiger partial charge in [-0.15, -0.1) is 0 Å². The second-order valence-electron chi connectivity index (χ2n) is 3.75. The van der Waals surface area contributed by atoms with Crippen molar-refractivity contribution in [1.29, 1.82) is 0 Å². The molecule has 17 heavy (non-hydrogen) atoms. The third-order valence-corrected chi connectivity index (χ3v) is 2.88. The summed E-state index contributed by atoms with van der Waals surface area (Å²) in [5, 5.41) is 3.67. The number of anilines is 2. The van der Waals surface area contributed by atoms with Crippen molar-refractivity contribution in [2.45, 2.75) is 13.8 Å². The molecule has 0 radical (unpaired) electrons. The standard InChI is InChI=1S/C12H11Cl2N3/c1-7-4-3-5-9(6-7)15-11-8(2)10(13)16-12(14)17-11/h3-6H,1-2H3,(H,15,16,17). The van der Waals surface area contributed by atoms with Crippen LogP contribution in [0.3, 0.4) is 0 Å². The van der Waals surface area contributed by atoms with E-state index in [0.717, 1.165) is 11.3 Å². The summed E-state index contributed by atoms with van der Waals surface area (Å²) in [4.78, 5) is 7.99. The van der Waals surface area contributed by atoms with E-state index >= 15 is 0 Å². The Morgan fingerprint density at radius 3 is 2.59 bits per heavy atom. The summed E-state index contributed by atoms with van der Waals surface area (Å²) in [5.74, 6) is 0.626. The second kappa shape index (κ2) is 4.90. The number of nitrogens with zero attached hydrogens (tertiary/aromatic N) is 2. The lowest BCUT2D eigenvalue weighted by molar-refractivity contribution is 1.13. The zero-order chi connectivity index (χ0) is 12.4. The van der Waals surface area contributed by atoms with Crippen LogP contribution >= 0.6 is 23.2 Å². The molecule has 0 atom stereocenters. The molecule has 0 bridgehead atoms. The van der Waals surface area contributed by atoms with Crippen molar-refractivity contribution in [3.05, 3.63) is 45.8 Å². The first-order chi connectivity index (χ1) is 8.06. The van der Waals surface area contributed by atoms with Gasteiger partial charge in [0.05, 0.1) is 0 Å². The van der Waals surface area contributed by atoms with Crippen LogP contribution < -0.4 is 5.32 Å². The molecular formula is C12H11Cl2N3. The van der Waals surface area contributed by atoms with Crippen LogP contribution in [0.4, 0.5) is 11.5 Å². The van der Waals surface area contributed by atoms with Crippen LogP contribution in [0, 0.1) is 13.8 Å². The fourth-order valence-electron chi connectivity index (χ4n) is 1.44. The van der Waals surface area contributed by atoms with Crippen molar-refractivity contribution in [3.8, 4) is 0 Å². The topological polar surface area (TPSA) is 37.8 Å². The molecule has 0 fully saturated rings. The van der Waals surface area contributed by atoms with Crippen molar-refractivity contribution < 1.29 is 0 Å². The molecule has 2 rings (SSSR count). The highest BCUT2D eigenvalue weighted by Gasteiger charge is 2.08. The van der Waals surface area contributed by atoms with Crippen molar-refractivity contribution in [2.24, 2.45) is 0 Å². The maximum Gasteiger partial charge on any atom is 0.225 e. The van der Waals surface area contributed by atoms with Crippen LogP contribution in [0.5, 0.6) is 0 Å². The number of hydrogen-bond donors (Lipinski definition) is 1. The monoisotopic (exact) mass is 267 g/mol. The fraction of sp³-hybridized carbons (Fsp3) is 0.167. The van der Waals surface area contributed by atoms with Crippen LogP contribution in [0.1, 0.15) is 11.1 Å². The van der Waals surface area contributed by atoms with Gasteiger partial charge in [-0.3, -0.25) is 0 Å². The first kappa shape index (κ1) is 12.1. The van der Waals surface area contributed by atoms with Gasteiger partial charge in [0.25, 0.3) is 0 Å². The zero-order valence-corrected chi connectivity index (χ0v) is 11.0. The molecule has 0 aliphatic carbocycles. The van der Waals surface area contributed by atoms with Gasteiger partial charge in [0.15, 0.2) is 0 Å². The molecule has 0 aliphatic heterocycles. The van der Waals surface area contributed by atoms with Crippen molar-refractivity contribution in [3.63, 3.8) is 0 Å². The highest BCUT2D eigenvalue weighted by atomic mass is 35.5. The van der Waals surface area contributed by atoms with Gasteiger partial charge in [-0.2, -0.15) is 0 Å². The molecule has 0 saturated carbocycles. The fourth-order valence-corrected chi connectivity index (χ4v) is 1.83. The molecule has 3 nitrogen and oxygen atoms in total. The Balaban J connectivity index is 2.36. The van der Waals surface area contributed by atoms with Gasteiger partial charge in [-0.1, -0.05) is 23.7 Å². The quantitative estimate of drug-likeness (QED) is 0.657. The van der Waals surface area contributed by atoms with Crippen LogP contribution in [0.15, 0.2) is 24.3 Å². The number of rotatable bonds is 2. The first-order valence-electron chi connectivity index (χ1n) is 5.09. The van der Waals surface area contributed by atoms with E-state index in [1.54, 1.807) is 0 Å². The number of hydrogen-bond acceptors (Lipinski definition) is 3. The van der Waals surface area contributed by atoms with Crippen molar-refractivity contribution in [1.82, 2.24) is 9.97 Å². The van der Waals surface area contributed by atoms with E-state index in [9.17, 15) is 0 Å². The summed E-state index contributed by atoms with van der Waals surface area (Å²) >= 11 is 11.7. The van der Waals surface area contributed by atoms with Crippen LogP contribution in [0.2, 0.25) is 10.4 Å². The van der Waals surface area contributed by atoms with Gasteiger partial charge in [-0.25, -0.2) is 9.97 Å². The van der Waals surface area contributed by atoms with Gasteiger partial charge >= 0.3 is 0 Å². The van der Waals surface area contributed by atoms with Crippen molar-refractivity contribution in [2.75, 3.05) is 5.32 Å². The summed E-state index contributed by atoms with van der Waals surface area (Å²) in [6.07, 6.45) is 0. The summed E-state index contributed by atoms with van der Waals surface area (Å²) in [7, 11) is 0. The summed E-state index contributed by atoms with van der Waals surface area (Å²) < 4.78 is 0. The lowest BCUT2D eigenvalue weighted by atomic mass is 10.2. The first-order valence-corrected chi connectivity index (χ1v) is 5.85. The number of aryl methyl sites for hydroxylation is 1. The van der Waals surface area contributed by atoms with E-state index in [1.807, 2.05) is 38.1 Å². The highest BCUT2D eigenvalue weighted by Crippen LogP contribution is 2.25. The minimum absolute atomic E-state index is 0.135. The molecular weight excluding hydrogens is 257 g/mol. The van der Waals surface area contributed by atoms with Crippen LogP contribution in [-0.2, 0) is 0 Å². The Bertz CT molecular complexity index is 555. The van der Waals surface area contributed by atoms with Gasteiger partial charge in [0, 0.05) is 11.3 Å². The predicted octanol–water partition coefficient (Wildman–Crippen LogP) is 4.14. The van der Waals surface area contributed by atoms with E-state index in [2.05, 4.69) is 15.3 Å². The lowest BCUT2D eigenvalue weighted by Crippen LogP contribution is -1.99. The van der Waals surface area contributed by atoms with E-state index in [0.29, 0.717) is 11.0 Å². The van der Waals surface area contributed by atoms with Crippen molar-refractivity contribution >= 4 is 34.7 Å². The van der Waals surface area contributed by atoms with Gasteiger partial charge in [0.1, 0.15) is 11.0 Å². The molecule has 1 heterocycles. The molecule has 0 amide bonds. The molecule has 1 N–H and O–H groups in total. The Kier molecular flexibility index (Phi) is 3.50. The molecule has 0 aliphatic rings. The number of halogens is 2. The molecule has 1 aromatic heterocycles. The minimum atomic E-state index is 0.135. The maximum absolute atomic E-state index is 5.94. The van der Waals surface area contributed by atoms with E-state index in [-0.39, 0.29) is 5.28 Å². The Labute approximate surface area is 110 Å². The smallest absolute Gasteiger partial charge is 0.225 e. The predicted molar refractivity (Wildman–Crippen MR) is 71.3 cm³/mol. The Hall–Kier alpha value is -1.32. The number of benzene rings is 1. The molecule has 2 aromatic rings. The minimum Gasteiger partial charge on any atom is -0.340 e. The Morgan fingerprint density at radius 1 is 1.12 bits per heavy atom. The third-order valence-electron chi connectivity index (χ3n) is 2.34. The lowest BCUT2D eigenvalue weighted by Gasteiger charge is -2.10. The largest absolute Gasteiger partial charge is 0.340 e. The molecule has 5 heteroatoms. The van der Waals surface area contributed by atoms with Gasteiger partial charge in [0.2, 0.25) is 5.28 Å². The van der Waals surface area contributed by atoms with E-state index in [1.165, 1.54) is 5.56 Å². The summed E-state index contributed by atoms with van der Waals surface area (Å²) in [6.45, 7) is 3.87. The van der Waals surface area contributed by atoms with E-state index in [4.69, 9.17) is 23.2 Å². The average molecular weight is 268 g/mol. The third kappa shape index (κ3) is 2.87. The Morgan fingerprint density at radius 2 is 1.88 bits per heavy atom. The molecule has 0 spiro atoms. The molecule has 1 aromatic carbocycles. The summed E-state index contributed by atoms with van der Waals surface area (Å²) in [5.41, 5.74) is 2.88.